The van der Waals surface area contributed by atoms with E-state index in [4.69, 9.17) is 10.5 Å². The van der Waals surface area contributed by atoms with Gasteiger partial charge in [-0.15, -0.1) is 0 Å². The second-order valence-corrected chi connectivity index (χ2v) is 4.08. The molecule has 1 unspecified atom stereocenters. The van der Waals surface area contributed by atoms with Crippen LogP contribution in [0.15, 0.2) is 24.3 Å². The van der Waals surface area contributed by atoms with Gasteiger partial charge < -0.3 is 10.5 Å². The van der Waals surface area contributed by atoms with E-state index in [1.807, 2.05) is 18.2 Å². The zero-order valence-corrected chi connectivity index (χ0v) is 10.1. The molecule has 0 radical (unpaired) electrons. The molecule has 16 heavy (non-hydrogen) atoms. The maximum Gasteiger partial charge on any atom is 0.308 e. The molecule has 0 saturated carbocycles. The Balaban J connectivity index is 2.85. The molecule has 0 spiro atoms. The average Bonchev–Trinajstić information content (AvgIpc) is 2.26. The molecule has 0 saturated heterocycles. The van der Waals surface area contributed by atoms with Crippen molar-refractivity contribution in [3.8, 4) is 5.75 Å². The van der Waals surface area contributed by atoms with Gasteiger partial charge in [0.25, 0.3) is 0 Å². The fourth-order valence-corrected chi connectivity index (χ4v) is 1.53. The monoisotopic (exact) mass is 221 g/mol. The summed E-state index contributed by atoms with van der Waals surface area (Å²) in [6.07, 6.45) is 1.03. The first-order valence-corrected chi connectivity index (χ1v) is 5.58. The van der Waals surface area contributed by atoms with Crippen LogP contribution in [0.3, 0.4) is 0 Å². The van der Waals surface area contributed by atoms with Gasteiger partial charge >= 0.3 is 5.97 Å². The Labute approximate surface area is 96.6 Å². The predicted molar refractivity (Wildman–Crippen MR) is 64.1 cm³/mol. The van der Waals surface area contributed by atoms with E-state index in [0.29, 0.717) is 11.7 Å². The molecule has 0 heterocycles. The van der Waals surface area contributed by atoms with Gasteiger partial charge in [0, 0.05) is 13.0 Å². The summed E-state index contributed by atoms with van der Waals surface area (Å²) in [4.78, 5) is 10.8. The summed E-state index contributed by atoms with van der Waals surface area (Å²) in [7, 11) is 0. The van der Waals surface area contributed by atoms with Gasteiger partial charge in [0.05, 0.1) is 0 Å². The molecule has 0 aliphatic heterocycles. The van der Waals surface area contributed by atoms with Crippen molar-refractivity contribution < 1.29 is 9.53 Å². The molecule has 0 fully saturated rings. The highest BCUT2D eigenvalue weighted by Gasteiger charge is 2.13. The second-order valence-electron chi connectivity index (χ2n) is 4.08. The smallest absolute Gasteiger partial charge is 0.308 e. The van der Waals surface area contributed by atoms with Crippen molar-refractivity contribution in [2.24, 2.45) is 11.7 Å². The Bertz CT molecular complexity index is 363. The molecule has 1 aromatic carbocycles. The zero-order chi connectivity index (χ0) is 12.1. The van der Waals surface area contributed by atoms with Crippen molar-refractivity contribution in [2.75, 3.05) is 0 Å². The maximum absolute atomic E-state index is 10.8. The average molecular weight is 221 g/mol. The van der Waals surface area contributed by atoms with Crippen molar-refractivity contribution >= 4 is 5.97 Å². The second kappa shape index (κ2) is 5.66. The Kier molecular flexibility index (Phi) is 4.50. The Hall–Kier alpha value is -1.35. The number of nitrogens with two attached hydrogens (primary N) is 1. The first-order valence-electron chi connectivity index (χ1n) is 5.58. The summed E-state index contributed by atoms with van der Waals surface area (Å²) in [5.41, 5.74) is 7.12. The summed E-state index contributed by atoms with van der Waals surface area (Å²) in [5.74, 6) is 0.658. The van der Waals surface area contributed by atoms with Crippen molar-refractivity contribution in [1.82, 2.24) is 0 Å². The van der Waals surface area contributed by atoms with Crippen LogP contribution in [0.2, 0.25) is 0 Å². The number of hydrogen-bond acceptors (Lipinski definition) is 3. The number of carbonyl (C=O) groups excluding carboxylic acids is 1. The lowest BCUT2D eigenvalue weighted by molar-refractivity contribution is -0.131. The minimum Gasteiger partial charge on any atom is -0.427 e. The van der Waals surface area contributed by atoms with E-state index < -0.39 is 0 Å². The Morgan fingerprint density at radius 1 is 1.50 bits per heavy atom. The number of rotatable bonds is 4. The van der Waals surface area contributed by atoms with Gasteiger partial charge in [-0.1, -0.05) is 32.4 Å². The van der Waals surface area contributed by atoms with Crippen LogP contribution in [-0.2, 0) is 4.79 Å². The summed E-state index contributed by atoms with van der Waals surface area (Å²) < 4.78 is 5.02. The third-order valence-corrected chi connectivity index (χ3v) is 2.76. The number of hydrogen-bond donors (Lipinski definition) is 1. The Morgan fingerprint density at radius 2 is 2.19 bits per heavy atom. The van der Waals surface area contributed by atoms with E-state index in [-0.39, 0.29) is 12.0 Å². The molecular formula is C13H19NO2. The minimum atomic E-state index is -0.311. The van der Waals surface area contributed by atoms with Crippen LogP contribution in [0.25, 0.3) is 0 Å². The fourth-order valence-electron chi connectivity index (χ4n) is 1.53. The zero-order valence-electron chi connectivity index (χ0n) is 10.1. The van der Waals surface area contributed by atoms with E-state index in [0.717, 1.165) is 12.0 Å². The highest BCUT2D eigenvalue weighted by atomic mass is 16.5. The molecule has 2 N–H and O–H groups in total. The lowest BCUT2D eigenvalue weighted by Crippen LogP contribution is -2.18. The van der Waals surface area contributed by atoms with Crippen LogP contribution in [0, 0.1) is 5.92 Å². The Morgan fingerprint density at radius 3 is 2.75 bits per heavy atom. The van der Waals surface area contributed by atoms with E-state index in [1.54, 1.807) is 6.07 Å². The molecule has 3 heteroatoms. The number of benzene rings is 1. The molecule has 2 atom stereocenters. The summed E-state index contributed by atoms with van der Waals surface area (Å²) >= 11 is 0. The van der Waals surface area contributed by atoms with E-state index in [9.17, 15) is 4.79 Å². The van der Waals surface area contributed by atoms with E-state index in [1.165, 1.54) is 6.92 Å². The van der Waals surface area contributed by atoms with Crippen LogP contribution in [0.4, 0.5) is 0 Å². The van der Waals surface area contributed by atoms with Gasteiger partial charge in [-0.3, -0.25) is 4.79 Å². The SMILES string of the molecule is CCC(C)[C@@H](N)c1cccc(OC(C)=O)c1. The van der Waals surface area contributed by atoms with Gasteiger partial charge in [0.15, 0.2) is 0 Å². The maximum atomic E-state index is 10.8. The third kappa shape index (κ3) is 3.35. The minimum absolute atomic E-state index is 0.0134. The van der Waals surface area contributed by atoms with Crippen LogP contribution in [0.5, 0.6) is 5.75 Å². The highest BCUT2D eigenvalue weighted by molar-refractivity contribution is 5.69. The number of esters is 1. The summed E-state index contributed by atoms with van der Waals surface area (Å²) in [5, 5.41) is 0. The van der Waals surface area contributed by atoms with Gasteiger partial charge in [-0.25, -0.2) is 0 Å². The molecule has 1 rings (SSSR count). The van der Waals surface area contributed by atoms with E-state index >= 15 is 0 Å². The largest absolute Gasteiger partial charge is 0.427 e. The van der Waals surface area contributed by atoms with Gasteiger partial charge in [-0.05, 0) is 23.6 Å². The van der Waals surface area contributed by atoms with Crippen LogP contribution in [-0.4, -0.2) is 5.97 Å². The molecule has 0 aliphatic rings. The van der Waals surface area contributed by atoms with Crippen LogP contribution < -0.4 is 10.5 Å². The molecular weight excluding hydrogens is 202 g/mol. The first-order chi connectivity index (χ1) is 7.54. The summed E-state index contributed by atoms with van der Waals surface area (Å²) in [6.45, 7) is 5.62. The first kappa shape index (κ1) is 12.7. The predicted octanol–water partition coefficient (Wildman–Crippen LogP) is 2.66. The van der Waals surface area contributed by atoms with Crippen LogP contribution >= 0.6 is 0 Å². The topological polar surface area (TPSA) is 52.3 Å². The summed E-state index contributed by atoms with van der Waals surface area (Å²) in [6, 6.07) is 7.40. The fraction of sp³-hybridized carbons (Fsp3) is 0.462. The third-order valence-electron chi connectivity index (χ3n) is 2.76. The van der Waals surface area contributed by atoms with Crippen LogP contribution in [0.1, 0.15) is 38.8 Å². The van der Waals surface area contributed by atoms with Crippen molar-refractivity contribution in [2.45, 2.75) is 33.2 Å². The molecule has 0 aromatic heterocycles. The van der Waals surface area contributed by atoms with Gasteiger partial charge in [0.1, 0.15) is 5.75 Å². The standard InChI is InChI=1S/C13H19NO2/c1-4-9(2)13(14)11-6-5-7-12(8-11)16-10(3)15/h5-9,13H,4,14H2,1-3H3/t9?,13-/m1/s1. The molecule has 0 bridgehead atoms. The molecule has 0 amide bonds. The van der Waals surface area contributed by atoms with Gasteiger partial charge in [0.2, 0.25) is 0 Å². The van der Waals surface area contributed by atoms with E-state index in [2.05, 4.69) is 13.8 Å². The highest BCUT2D eigenvalue weighted by Crippen LogP contribution is 2.24. The van der Waals surface area contributed by atoms with Crippen molar-refractivity contribution in [3.05, 3.63) is 29.8 Å². The molecule has 88 valence electrons. The number of ether oxygens (including phenoxy) is 1. The lowest BCUT2D eigenvalue weighted by atomic mass is 9.93. The normalized spacial score (nSPS) is 14.2. The lowest BCUT2D eigenvalue weighted by Gasteiger charge is -2.19. The van der Waals surface area contributed by atoms with Crippen molar-refractivity contribution in [1.29, 1.82) is 0 Å². The van der Waals surface area contributed by atoms with Gasteiger partial charge in [-0.2, -0.15) is 0 Å². The number of carbonyl (C=O) groups is 1. The molecule has 1 aromatic rings. The quantitative estimate of drug-likeness (QED) is 0.628. The molecule has 0 aliphatic carbocycles. The molecule has 3 nitrogen and oxygen atoms in total. The van der Waals surface area contributed by atoms with Crippen molar-refractivity contribution in [3.63, 3.8) is 0 Å².